The first kappa shape index (κ1) is 13.5. The van der Waals surface area contributed by atoms with Crippen LogP contribution in [0.3, 0.4) is 0 Å². The smallest absolute Gasteiger partial charge is 0.178 e. The van der Waals surface area contributed by atoms with E-state index in [1.54, 1.807) is 10.7 Å². The number of aromatic nitrogens is 4. The van der Waals surface area contributed by atoms with Crippen molar-refractivity contribution in [1.29, 1.82) is 0 Å². The average Bonchev–Trinajstić information content (AvgIpc) is 2.92. The molecule has 3 aromatic rings. The Morgan fingerprint density at radius 1 is 1.45 bits per heavy atom. The predicted molar refractivity (Wildman–Crippen MR) is 81.7 cm³/mol. The highest BCUT2D eigenvalue weighted by Crippen LogP contribution is 2.23. The van der Waals surface area contributed by atoms with Gasteiger partial charge in [-0.3, -0.25) is 4.68 Å². The van der Waals surface area contributed by atoms with Gasteiger partial charge in [0.1, 0.15) is 5.82 Å². The molecule has 4 nitrogen and oxygen atoms in total. The summed E-state index contributed by atoms with van der Waals surface area (Å²) in [5, 5.41) is 4.34. The van der Waals surface area contributed by atoms with Crippen molar-refractivity contribution in [2.45, 2.75) is 13.0 Å². The summed E-state index contributed by atoms with van der Waals surface area (Å²) in [7, 11) is 1.89. The quantitative estimate of drug-likeness (QED) is 0.730. The molecule has 0 radical (unpaired) electrons. The van der Waals surface area contributed by atoms with Gasteiger partial charge in [0, 0.05) is 32.3 Å². The Balaban J connectivity index is 1.96. The SMILES string of the molecule is Cn1ccc(CCn2c(=S)[nH]c3cc(F)c(Br)cc32)n1. The van der Waals surface area contributed by atoms with Crippen LogP contribution in [0.2, 0.25) is 0 Å². The van der Waals surface area contributed by atoms with Crippen LogP contribution in [0.15, 0.2) is 28.9 Å². The maximum atomic E-state index is 13.5. The molecule has 0 saturated carbocycles. The van der Waals surface area contributed by atoms with Crippen LogP contribution in [-0.2, 0) is 20.0 Å². The zero-order chi connectivity index (χ0) is 14.3. The van der Waals surface area contributed by atoms with Crippen molar-refractivity contribution in [2.75, 3.05) is 0 Å². The molecule has 7 heteroatoms. The van der Waals surface area contributed by atoms with Gasteiger partial charge in [0.2, 0.25) is 0 Å². The summed E-state index contributed by atoms with van der Waals surface area (Å²) in [4.78, 5) is 3.03. The number of rotatable bonds is 3. The van der Waals surface area contributed by atoms with Crippen LogP contribution in [0.1, 0.15) is 5.69 Å². The lowest BCUT2D eigenvalue weighted by Gasteiger charge is -2.03. The number of H-pyrrole nitrogens is 1. The van der Waals surface area contributed by atoms with Gasteiger partial charge in [0.05, 0.1) is 21.2 Å². The Hall–Kier alpha value is -1.47. The molecule has 0 amide bonds. The van der Waals surface area contributed by atoms with Gasteiger partial charge in [-0.15, -0.1) is 0 Å². The van der Waals surface area contributed by atoms with E-state index < -0.39 is 0 Å². The highest BCUT2D eigenvalue weighted by Gasteiger charge is 2.09. The summed E-state index contributed by atoms with van der Waals surface area (Å²) in [5.74, 6) is -0.300. The molecule has 2 heterocycles. The van der Waals surface area contributed by atoms with Gasteiger partial charge in [0.25, 0.3) is 0 Å². The van der Waals surface area contributed by atoms with Crippen molar-refractivity contribution < 1.29 is 4.39 Å². The molecule has 0 spiro atoms. The van der Waals surface area contributed by atoms with Crippen molar-refractivity contribution in [3.63, 3.8) is 0 Å². The number of halogens is 2. The lowest BCUT2D eigenvalue weighted by atomic mass is 10.3. The monoisotopic (exact) mass is 354 g/mol. The van der Waals surface area contributed by atoms with Gasteiger partial charge in [-0.2, -0.15) is 5.10 Å². The molecule has 1 N–H and O–H groups in total. The third-order valence-electron chi connectivity index (χ3n) is 3.18. The number of aryl methyl sites for hydroxylation is 3. The second-order valence-electron chi connectivity index (χ2n) is 4.60. The molecular formula is C13H12BrFN4S. The number of fused-ring (bicyclic) bond motifs is 1. The topological polar surface area (TPSA) is 38.5 Å². The van der Waals surface area contributed by atoms with Gasteiger partial charge >= 0.3 is 0 Å². The molecule has 0 aliphatic heterocycles. The van der Waals surface area contributed by atoms with Gasteiger partial charge in [-0.05, 0) is 40.3 Å². The number of hydrogen-bond acceptors (Lipinski definition) is 2. The summed E-state index contributed by atoms with van der Waals surface area (Å²) in [6, 6.07) is 5.18. The van der Waals surface area contributed by atoms with Crippen LogP contribution in [0, 0.1) is 10.6 Å². The van der Waals surface area contributed by atoms with E-state index in [1.165, 1.54) is 6.07 Å². The molecular weight excluding hydrogens is 343 g/mol. The van der Waals surface area contributed by atoms with Crippen LogP contribution >= 0.6 is 28.1 Å². The van der Waals surface area contributed by atoms with E-state index in [2.05, 4.69) is 26.0 Å². The molecule has 0 saturated heterocycles. The normalized spacial score (nSPS) is 11.3. The Bertz CT molecular complexity index is 833. The molecule has 2 aromatic heterocycles. The molecule has 0 fully saturated rings. The highest BCUT2D eigenvalue weighted by atomic mass is 79.9. The van der Waals surface area contributed by atoms with Gasteiger partial charge in [-0.1, -0.05) is 0 Å². The van der Waals surface area contributed by atoms with Crippen molar-refractivity contribution >= 4 is 39.2 Å². The summed E-state index contributed by atoms with van der Waals surface area (Å²) in [5.41, 5.74) is 2.60. The maximum Gasteiger partial charge on any atom is 0.178 e. The second-order valence-corrected chi connectivity index (χ2v) is 5.84. The van der Waals surface area contributed by atoms with Crippen LogP contribution in [0.5, 0.6) is 0 Å². The van der Waals surface area contributed by atoms with Gasteiger partial charge in [-0.25, -0.2) is 4.39 Å². The third-order valence-corrected chi connectivity index (χ3v) is 4.11. The Labute approximate surface area is 128 Å². The van der Waals surface area contributed by atoms with E-state index in [-0.39, 0.29) is 5.82 Å². The minimum atomic E-state index is -0.300. The van der Waals surface area contributed by atoms with E-state index in [9.17, 15) is 4.39 Å². The molecule has 20 heavy (non-hydrogen) atoms. The first-order valence-electron chi connectivity index (χ1n) is 6.10. The molecule has 0 aliphatic carbocycles. The summed E-state index contributed by atoms with van der Waals surface area (Å²) < 4.78 is 18.3. The number of hydrogen-bond donors (Lipinski definition) is 1. The first-order chi connectivity index (χ1) is 9.54. The van der Waals surface area contributed by atoms with Crippen molar-refractivity contribution in [3.05, 3.63) is 45.2 Å². The predicted octanol–water partition coefficient (Wildman–Crippen LogP) is 3.58. The van der Waals surface area contributed by atoms with Gasteiger partial charge in [0.15, 0.2) is 4.77 Å². The minimum Gasteiger partial charge on any atom is -0.330 e. The third kappa shape index (κ3) is 2.43. The minimum absolute atomic E-state index is 0.300. The fourth-order valence-corrected chi connectivity index (χ4v) is 2.83. The van der Waals surface area contributed by atoms with E-state index in [1.807, 2.05) is 23.9 Å². The second kappa shape index (κ2) is 5.14. The Morgan fingerprint density at radius 3 is 2.95 bits per heavy atom. The lowest BCUT2D eigenvalue weighted by molar-refractivity contribution is 0.622. The van der Waals surface area contributed by atoms with E-state index in [4.69, 9.17) is 12.2 Å². The zero-order valence-electron chi connectivity index (χ0n) is 10.7. The maximum absolute atomic E-state index is 13.5. The fourth-order valence-electron chi connectivity index (χ4n) is 2.20. The highest BCUT2D eigenvalue weighted by molar-refractivity contribution is 9.10. The van der Waals surface area contributed by atoms with Crippen LogP contribution in [-0.4, -0.2) is 19.3 Å². The van der Waals surface area contributed by atoms with Crippen LogP contribution in [0.25, 0.3) is 11.0 Å². The average molecular weight is 355 g/mol. The number of imidazole rings is 1. The van der Waals surface area contributed by atoms with E-state index >= 15 is 0 Å². The number of aromatic amines is 1. The molecule has 3 rings (SSSR count). The van der Waals surface area contributed by atoms with Gasteiger partial charge < -0.3 is 9.55 Å². The number of benzene rings is 1. The van der Waals surface area contributed by atoms with Crippen molar-refractivity contribution in [1.82, 2.24) is 19.3 Å². The summed E-state index contributed by atoms with van der Waals surface area (Å²) in [6.07, 6.45) is 2.69. The van der Waals surface area contributed by atoms with Crippen molar-refractivity contribution in [3.8, 4) is 0 Å². The van der Waals surface area contributed by atoms with E-state index in [0.717, 1.165) is 17.6 Å². The molecule has 1 aromatic carbocycles. The van der Waals surface area contributed by atoms with Crippen LogP contribution < -0.4 is 0 Å². The Kier molecular flexibility index (Phi) is 3.47. The fraction of sp³-hybridized carbons (Fsp3) is 0.231. The first-order valence-corrected chi connectivity index (χ1v) is 7.31. The van der Waals surface area contributed by atoms with Crippen molar-refractivity contribution in [2.24, 2.45) is 7.05 Å². The summed E-state index contributed by atoms with van der Waals surface area (Å²) in [6.45, 7) is 0.702. The van der Waals surface area contributed by atoms with Crippen LogP contribution in [0.4, 0.5) is 4.39 Å². The molecule has 104 valence electrons. The Morgan fingerprint density at radius 2 is 2.25 bits per heavy atom. The van der Waals surface area contributed by atoms with E-state index in [0.29, 0.717) is 21.3 Å². The number of nitrogens with one attached hydrogen (secondary N) is 1. The lowest BCUT2D eigenvalue weighted by Crippen LogP contribution is -2.02. The largest absolute Gasteiger partial charge is 0.330 e. The molecule has 0 atom stereocenters. The summed E-state index contributed by atoms with van der Waals surface area (Å²) >= 11 is 8.51. The zero-order valence-corrected chi connectivity index (χ0v) is 13.1. The molecule has 0 unspecified atom stereocenters. The molecule has 0 bridgehead atoms. The standard InChI is InChI=1S/C13H12BrFN4S/c1-18-4-2-8(17-18)3-5-19-12-6-9(14)10(15)7-11(12)16-13(19)20/h2,4,6-7H,3,5H2,1H3,(H,16,20). The molecule has 0 aliphatic rings. The number of nitrogens with zero attached hydrogens (tertiary/aromatic N) is 3.